The standard InChI is InChI=1S/C13H13BrN2O3/c14-8-5-9-6(2-4-19-9)10-7(1-3-15)11(13(17)18)16-12(8)10/h5,16H,1-4,15H2,(H,17,18). The number of halogens is 1. The number of hydrogen-bond donors (Lipinski definition) is 3. The van der Waals surface area contributed by atoms with Crippen LogP contribution in [0.1, 0.15) is 21.6 Å². The summed E-state index contributed by atoms with van der Waals surface area (Å²) in [5, 5.41) is 10.3. The van der Waals surface area contributed by atoms with Crippen LogP contribution in [0.5, 0.6) is 5.75 Å². The monoisotopic (exact) mass is 324 g/mol. The first-order valence-corrected chi connectivity index (χ1v) is 6.85. The van der Waals surface area contributed by atoms with E-state index in [0.717, 1.165) is 38.7 Å². The molecule has 0 spiro atoms. The van der Waals surface area contributed by atoms with Gasteiger partial charge in [0.2, 0.25) is 0 Å². The molecule has 6 heteroatoms. The lowest BCUT2D eigenvalue weighted by Crippen LogP contribution is -2.08. The summed E-state index contributed by atoms with van der Waals surface area (Å²) in [4.78, 5) is 14.3. The first kappa shape index (κ1) is 12.5. The Balaban J connectivity index is 2.39. The van der Waals surface area contributed by atoms with Crippen LogP contribution in [-0.4, -0.2) is 29.2 Å². The molecule has 0 unspecified atom stereocenters. The second kappa shape index (κ2) is 4.54. The molecule has 2 aromatic rings. The van der Waals surface area contributed by atoms with E-state index in [9.17, 15) is 9.90 Å². The largest absolute Gasteiger partial charge is 0.493 e. The van der Waals surface area contributed by atoms with Gasteiger partial charge in [-0.05, 0) is 40.5 Å². The molecule has 0 atom stereocenters. The number of aromatic nitrogens is 1. The number of hydrogen-bond acceptors (Lipinski definition) is 3. The predicted molar refractivity (Wildman–Crippen MR) is 74.9 cm³/mol. The lowest BCUT2D eigenvalue weighted by atomic mass is 10.0. The van der Waals surface area contributed by atoms with Crippen LogP contribution >= 0.6 is 15.9 Å². The summed E-state index contributed by atoms with van der Waals surface area (Å²) >= 11 is 3.46. The molecule has 0 saturated carbocycles. The Kier molecular flexibility index (Phi) is 2.99. The SMILES string of the molecule is NCCc1c(C(=O)O)[nH]c2c(Br)cc3c(c12)CCO3. The Hall–Kier alpha value is -1.53. The molecular formula is C13H13BrN2O3. The smallest absolute Gasteiger partial charge is 0.352 e. The summed E-state index contributed by atoms with van der Waals surface area (Å²) in [5.74, 6) is -0.132. The number of aromatic carboxylic acids is 1. The Morgan fingerprint density at radius 1 is 1.58 bits per heavy atom. The van der Waals surface area contributed by atoms with E-state index < -0.39 is 5.97 Å². The maximum Gasteiger partial charge on any atom is 0.352 e. The average molecular weight is 325 g/mol. The van der Waals surface area contributed by atoms with Crippen LogP contribution in [0.4, 0.5) is 0 Å². The van der Waals surface area contributed by atoms with Gasteiger partial charge in [-0.2, -0.15) is 0 Å². The Labute approximate surface area is 117 Å². The summed E-state index contributed by atoms with van der Waals surface area (Å²) in [6.07, 6.45) is 1.33. The van der Waals surface area contributed by atoms with Crippen molar-refractivity contribution < 1.29 is 14.6 Å². The molecule has 0 radical (unpaired) electrons. The maximum absolute atomic E-state index is 11.4. The van der Waals surface area contributed by atoms with Gasteiger partial charge in [-0.15, -0.1) is 0 Å². The fraction of sp³-hybridized carbons (Fsp3) is 0.308. The molecule has 0 amide bonds. The highest BCUT2D eigenvalue weighted by Gasteiger charge is 2.25. The highest BCUT2D eigenvalue weighted by molar-refractivity contribution is 9.10. The average Bonchev–Trinajstić information content (AvgIpc) is 2.94. The third kappa shape index (κ3) is 1.82. The van der Waals surface area contributed by atoms with Crippen molar-refractivity contribution in [3.05, 3.63) is 27.4 Å². The zero-order valence-corrected chi connectivity index (χ0v) is 11.7. The fourth-order valence-corrected chi connectivity index (χ4v) is 3.17. The van der Waals surface area contributed by atoms with Gasteiger partial charge < -0.3 is 20.6 Å². The van der Waals surface area contributed by atoms with Gasteiger partial charge in [0.05, 0.1) is 12.1 Å². The van der Waals surface area contributed by atoms with Crippen molar-refractivity contribution in [2.45, 2.75) is 12.8 Å². The number of fused-ring (bicyclic) bond motifs is 3. The van der Waals surface area contributed by atoms with E-state index in [2.05, 4.69) is 20.9 Å². The number of carbonyl (C=O) groups is 1. The van der Waals surface area contributed by atoms with E-state index in [0.29, 0.717) is 19.6 Å². The molecule has 1 aliphatic rings. The summed E-state index contributed by atoms with van der Waals surface area (Å²) in [5.41, 5.74) is 8.49. The van der Waals surface area contributed by atoms with Gasteiger partial charge in [-0.3, -0.25) is 0 Å². The number of aromatic amines is 1. The topological polar surface area (TPSA) is 88.3 Å². The summed E-state index contributed by atoms with van der Waals surface area (Å²) in [7, 11) is 0. The van der Waals surface area contributed by atoms with Crippen LogP contribution in [0.15, 0.2) is 10.5 Å². The van der Waals surface area contributed by atoms with E-state index in [1.165, 1.54) is 0 Å². The Bertz CT molecular complexity index is 678. The van der Waals surface area contributed by atoms with E-state index in [1.54, 1.807) is 0 Å². The van der Waals surface area contributed by atoms with Crippen molar-refractivity contribution in [1.82, 2.24) is 4.98 Å². The number of nitrogens with two attached hydrogens (primary N) is 1. The first-order chi connectivity index (χ1) is 9.13. The van der Waals surface area contributed by atoms with Crippen molar-refractivity contribution in [3.8, 4) is 5.75 Å². The van der Waals surface area contributed by atoms with Gasteiger partial charge in [-0.1, -0.05) is 0 Å². The number of carboxylic acids is 1. The number of benzene rings is 1. The first-order valence-electron chi connectivity index (χ1n) is 6.05. The third-order valence-electron chi connectivity index (χ3n) is 3.42. The van der Waals surface area contributed by atoms with Crippen molar-refractivity contribution >= 4 is 32.8 Å². The number of carboxylic acid groups (broad SMARTS) is 1. The molecule has 19 heavy (non-hydrogen) atoms. The van der Waals surface area contributed by atoms with E-state index in [-0.39, 0.29) is 5.69 Å². The van der Waals surface area contributed by atoms with Crippen molar-refractivity contribution in [3.63, 3.8) is 0 Å². The van der Waals surface area contributed by atoms with Crippen molar-refractivity contribution in [1.29, 1.82) is 0 Å². The highest BCUT2D eigenvalue weighted by atomic mass is 79.9. The molecule has 0 bridgehead atoms. The maximum atomic E-state index is 11.4. The zero-order chi connectivity index (χ0) is 13.6. The molecule has 0 saturated heterocycles. The van der Waals surface area contributed by atoms with Crippen LogP contribution in [-0.2, 0) is 12.8 Å². The lowest BCUT2D eigenvalue weighted by molar-refractivity contribution is 0.0690. The van der Waals surface area contributed by atoms with E-state index in [1.807, 2.05) is 6.07 Å². The minimum Gasteiger partial charge on any atom is -0.493 e. The quantitative estimate of drug-likeness (QED) is 0.806. The van der Waals surface area contributed by atoms with Crippen LogP contribution < -0.4 is 10.5 Å². The van der Waals surface area contributed by atoms with Gasteiger partial charge >= 0.3 is 5.97 Å². The van der Waals surface area contributed by atoms with E-state index >= 15 is 0 Å². The normalized spacial score (nSPS) is 13.6. The summed E-state index contributed by atoms with van der Waals surface area (Å²) in [6.45, 7) is 1.05. The number of H-pyrrole nitrogens is 1. The molecular weight excluding hydrogens is 312 g/mol. The van der Waals surface area contributed by atoms with Gasteiger partial charge in [0.15, 0.2) is 0 Å². The predicted octanol–water partition coefficient (Wildman–Crippen LogP) is 2.06. The minimum atomic E-state index is -0.959. The molecule has 0 fully saturated rings. The Morgan fingerprint density at radius 2 is 2.37 bits per heavy atom. The number of rotatable bonds is 3. The van der Waals surface area contributed by atoms with Gasteiger partial charge in [0.25, 0.3) is 0 Å². The van der Waals surface area contributed by atoms with Gasteiger partial charge in [0, 0.05) is 21.8 Å². The lowest BCUT2D eigenvalue weighted by Gasteiger charge is -2.05. The number of nitrogens with one attached hydrogen (secondary N) is 1. The molecule has 4 N–H and O–H groups in total. The second-order valence-electron chi connectivity index (χ2n) is 4.51. The van der Waals surface area contributed by atoms with E-state index in [4.69, 9.17) is 10.5 Å². The molecule has 1 aromatic heterocycles. The van der Waals surface area contributed by atoms with Gasteiger partial charge in [0.1, 0.15) is 11.4 Å². The summed E-state index contributed by atoms with van der Waals surface area (Å²) in [6, 6.07) is 1.89. The van der Waals surface area contributed by atoms with Crippen molar-refractivity contribution in [2.75, 3.05) is 13.2 Å². The second-order valence-corrected chi connectivity index (χ2v) is 5.36. The summed E-state index contributed by atoms with van der Waals surface area (Å²) < 4.78 is 6.38. The Morgan fingerprint density at radius 3 is 3.05 bits per heavy atom. The van der Waals surface area contributed by atoms with Gasteiger partial charge in [-0.25, -0.2) is 4.79 Å². The van der Waals surface area contributed by atoms with Crippen molar-refractivity contribution in [2.24, 2.45) is 5.73 Å². The fourth-order valence-electron chi connectivity index (χ4n) is 2.67. The molecule has 5 nitrogen and oxygen atoms in total. The molecule has 0 aliphatic carbocycles. The third-order valence-corrected chi connectivity index (χ3v) is 4.04. The zero-order valence-electron chi connectivity index (χ0n) is 10.1. The van der Waals surface area contributed by atoms with Crippen LogP contribution in [0, 0.1) is 0 Å². The number of ether oxygens (including phenoxy) is 1. The molecule has 1 aliphatic heterocycles. The molecule has 3 rings (SSSR count). The van der Waals surface area contributed by atoms with Crippen LogP contribution in [0.3, 0.4) is 0 Å². The molecule has 1 aromatic carbocycles. The highest BCUT2D eigenvalue weighted by Crippen LogP contribution is 2.40. The molecule has 2 heterocycles. The minimum absolute atomic E-state index is 0.224. The van der Waals surface area contributed by atoms with Crippen LogP contribution in [0.25, 0.3) is 10.9 Å². The van der Waals surface area contributed by atoms with Crippen LogP contribution in [0.2, 0.25) is 0 Å². The molecule has 100 valence electrons.